The van der Waals surface area contributed by atoms with Crippen molar-refractivity contribution >= 4 is 5.97 Å². The number of hydrogen-bond donors (Lipinski definition) is 4. The number of carboxylic acid groups (broad SMARTS) is 1. The summed E-state index contributed by atoms with van der Waals surface area (Å²) >= 11 is 0. The molecule has 1 saturated heterocycles. The lowest BCUT2D eigenvalue weighted by atomic mass is 9.83. The van der Waals surface area contributed by atoms with Crippen molar-refractivity contribution in [1.29, 1.82) is 0 Å². The molecule has 0 saturated carbocycles. The average Bonchev–Trinajstić information content (AvgIpc) is 3.02. The Hall–Kier alpha value is -2.73. The summed E-state index contributed by atoms with van der Waals surface area (Å²) in [5, 5.41) is 32.1. The van der Waals surface area contributed by atoms with Crippen molar-refractivity contribution < 1.29 is 24.9 Å². The first-order chi connectivity index (χ1) is 11.5. The second-order valence-corrected chi connectivity index (χ2v) is 5.88. The molecule has 3 rings (SSSR count). The Balaban J connectivity index is 1.92. The van der Waals surface area contributed by atoms with Gasteiger partial charge in [-0.2, -0.15) is 0 Å². The van der Waals surface area contributed by atoms with E-state index in [-0.39, 0.29) is 23.5 Å². The van der Waals surface area contributed by atoms with Crippen LogP contribution in [-0.2, 0) is 4.79 Å². The molecule has 1 heterocycles. The Labute approximate surface area is 139 Å². The summed E-state index contributed by atoms with van der Waals surface area (Å²) in [7, 11) is 1.58. The normalized spacial score (nSPS) is 23.1. The molecule has 2 aromatic rings. The van der Waals surface area contributed by atoms with E-state index in [1.807, 2.05) is 12.1 Å². The van der Waals surface area contributed by atoms with Gasteiger partial charge in [-0.05, 0) is 35.4 Å². The lowest BCUT2D eigenvalue weighted by molar-refractivity contribution is -0.142. The van der Waals surface area contributed by atoms with Crippen LogP contribution in [0, 0.1) is 5.92 Å². The van der Waals surface area contributed by atoms with Crippen LogP contribution < -0.4 is 10.1 Å². The third-order valence-corrected chi connectivity index (χ3v) is 4.54. The van der Waals surface area contributed by atoms with E-state index in [1.165, 1.54) is 12.1 Å². The SMILES string of the molecule is COc1ccc(C2NCC(c3ccc(O)c(O)c3)C2C(=O)O)cc1. The number of hydrogen-bond acceptors (Lipinski definition) is 5. The molecule has 3 atom stereocenters. The molecule has 1 aliphatic heterocycles. The first kappa shape index (κ1) is 16.1. The van der Waals surface area contributed by atoms with Gasteiger partial charge in [-0.25, -0.2) is 0 Å². The Morgan fingerprint density at radius 3 is 2.33 bits per heavy atom. The predicted molar refractivity (Wildman–Crippen MR) is 87.4 cm³/mol. The molecule has 0 spiro atoms. The molecule has 0 radical (unpaired) electrons. The Morgan fingerprint density at radius 1 is 1.08 bits per heavy atom. The number of methoxy groups -OCH3 is 1. The molecular formula is C18H19NO5. The molecule has 4 N–H and O–H groups in total. The van der Waals surface area contributed by atoms with Gasteiger partial charge in [0.2, 0.25) is 0 Å². The zero-order valence-electron chi connectivity index (χ0n) is 13.1. The Kier molecular flexibility index (Phi) is 4.31. The van der Waals surface area contributed by atoms with Crippen molar-refractivity contribution in [3.63, 3.8) is 0 Å². The van der Waals surface area contributed by atoms with Crippen molar-refractivity contribution in [2.24, 2.45) is 5.92 Å². The molecule has 2 aromatic carbocycles. The number of ether oxygens (including phenoxy) is 1. The summed E-state index contributed by atoms with van der Waals surface area (Å²) in [6, 6.07) is 11.4. The number of aliphatic carboxylic acids is 1. The highest BCUT2D eigenvalue weighted by Gasteiger charge is 2.42. The number of benzene rings is 2. The minimum atomic E-state index is -0.904. The molecule has 3 unspecified atom stereocenters. The van der Waals surface area contributed by atoms with E-state index in [0.29, 0.717) is 17.9 Å². The van der Waals surface area contributed by atoms with E-state index >= 15 is 0 Å². The quantitative estimate of drug-likeness (QED) is 0.642. The number of rotatable bonds is 4. The van der Waals surface area contributed by atoms with E-state index in [1.54, 1.807) is 25.3 Å². The summed E-state index contributed by atoms with van der Waals surface area (Å²) in [6.45, 7) is 0.470. The van der Waals surface area contributed by atoms with Crippen molar-refractivity contribution in [2.75, 3.05) is 13.7 Å². The molecule has 0 aromatic heterocycles. The summed E-state index contributed by atoms with van der Waals surface area (Å²) in [5.41, 5.74) is 1.55. The van der Waals surface area contributed by atoms with Gasteiger partial charge in [0.25, 0.3) is 0 Å². The number of aromatic hydroxyl groups is 2. The van der Waals surface area contributed by atoms with Crippen LogP contribution in [0.4, 0.5) is 0 Å². The number of nitrogens with one attached hydrogen (secondary N) is 1. The third-order valence-electron chi connectivity index (χ3n) is 4.54. The lowest BCUT2D eigenvalue weighted by Gasteiger charge is -2.21. The molecule has 6 heteroatoms. The van der Waals surface area contributed by atoms with Crippen molar-refractivity contribution in [2.45, 2.75) is 12.0 Å². The van der Waals surface area contributed by atoms with E-state index in [4.69, 9.17) is 4.74 Å². The maximum Gasteiger partial charge on any atom is 0.309 e. The van der Waals surface area contributed by atoms with Crippen molar-refractivity contribution in [1.82, 2.24) is 5.32 Å². The van der Waals surface area contributed by atoms with Gasteiger partial charge >= 0.3 is 5.97 Å². The van der Waals surface area contributed by atoms with Gasteiger partial charge in [-0.1, -0.05) is 18.2 Å². The number of carboxylic acids is 1. The van der Waals surface area contributed by atoms with Crippen molar-refractivity contribution in [3.8, 4) is 17.2 Å². The number of carbonyl (C=O) groups is 1. The molecule has 1 aliphatic rings. The van der Waals surface area contributed by atoms with Crippen LogP contribution in [0.25, 0.3) is 0 Å². The second kappa shape index (κ2) is 6.41. The molecule has 0 bridgehead atoms. The van der Waals surface area contributed by atoms with Gasteiger partial charge < -0.3 is 25.4 Å². The predicted octanol–water partition coefficient (Wildman–Crippen LogP) is 2.24. The monoisotopic (exact) mass is 329 g/mol. The molecule has 6 nitrogen and oxygen atoms in total. The van der Waals surface area contributed by atoms with Crippen LogP contribution in [0.15, 0.2) is 42.5 Å². The van der Waals surface area contributed by atoms with Gasteiger partial charge in [-0.3, -0.25) is 4.79 Å². The third kappa shape index (κ3) is 2.88. The van der Waals surface area contributed by atoms with Crippen LogP contribution in [0.3, 0.4) is 0 Å². The molecular weight excluding hydrogens is 310 g/mol. The summed E-state index contributed by atoms with van der Waals surface area (Å²) in [4.78, 5) is 11.9. The van der Waals surface area contributed by atoms with E-state index < -0.39 is 11.9 Å². The first-order valence-corrected chi connectivity index (χ1v) is 7.63. The maximum absolute atomic E-state index is 11.9. The minimum absolute atomic E-state index is 0.219. The highest BCUT2D eigenvalue weighted by molar-refractivity contribution is 5.73. The fourth-order valence-corrected chi connectivity index (χ4v) is 3.29. The molecule has 0 amide bonds. The van der Waals surface area contributed by atoms with Crippen LogP contribution in [0.5, 0.6) is 17.2 Å². The highest BCUT2D eigenvalue weighted by Crippen LogP contribution is 2.41. The van der Waals surface area contributed by atoms with E-state index in [0.717, 1.165) is 5.56 Å². The fourth-order valence-electron chi connectivity index (χ4n) is 3.29. The van der Waals surface area contributed by atoms with E-state index in [9.17, 15) is 20.1 Å². The van der Waals surface area contributed by atoms with Gasteiger partial charge in [0, 0.05) is 18.5 Å². The van der Waals surface area contributed by atoms with Gasteiger partial charge in [0.15, 0.2) is 11.5 Å². The first-order valence-electron chi connectivity index (χ1n) is 7.63. The van der Waals surface area contributed by atoms with E-state index in [2.05, 4.69) is 5.32 Å². The van der Waals surface area contributed by atoms with Crippen LogP contribution in [-0.4, -0.2) is 34.9 Å². The zero-order valence-corrected chi connectivity index (χ0v) is 13.1. The smallest absolute Gasteiger partial charge is 0.309 e. The topological polar surface area (TPSA) is 99.0 Å². The van der Waals surface area contributed by atoms with Crippen LogP contribution in [0.1, 0.15) is 23.1 Å². The number of phenolic OH excluding ortho intramolecular Hbond substituents is 2. The molecule has 1 fully saturated rings. The zero-order chi connectivity index (χ0) is 17.3. The molecule has 0 aliphatic carbocycles. The lowest BCUT2D eigenvalue weighted by Crippen LogP contribution is -2.25. The second-order valence-electron chi connectivity index (χ2n) is 5.88. The van der Waals surface area contributed by atoms with Crippen LogP contribution >= 0.6 is 0 Å². The average molecular weight is 329 g/mol. The van der Waals surface area contributed by atoms with Gasteiger partial charge in [0.1, 0.15) is 5.75 Å². The van der Waals surface area contributed by atoms with Gasteiger partial charge in [0.05, 0.1) is 13.0 Å². The summed E-state index contributed by atoms with van der Waals surface area (Å²) in [5.74, 6) is -1.64. The standard InChI is InChI=1S/C18H19NO5/c1-24-12-5-2-10(3-6-12)17-16(18(22)23)13(9-19-17)11-4-7-14(20)15(21)8-11/h2-8,13,16-17,19-21H,9H2,1H3,(H,22,23). The Bertz CT molecular complexity index is 744. The maximum atomic E-state index is 11.9. The number of phenols is 2. The Morgan fingerprint density at radius 2 is 1.75 bits per heavy atom. The summed E-state index contributed by atoms with van der Waals surface area (Å²) < 4.78 is 5.13. The minimum Gasteiger partial charge on any atom is -0.504 e. The molecule has 126 valence electrons. The van der Waals surface area contributed by atoms with Crippen LogP contribution in [0.2, 0.25) is 0 Å². The largest absolute Gasteiger partial charge is 0.504 e. The summed E-state index contributed by atoms with van der Waals surface area (Å²) in [6.07, 6.45) is 0. The molecule has 24 heavy (non-hydrogen) atoms. The van der Waals surface area contributed by atoms with Crippen molar-refractivity contribution in [3.05, 3.63) is 53.6 Å². The fraction of sp³-hybridized carbons (Fsp3) is 0.278. The highest BCUT2D eigenvalue weighted by atomic mass is 16.5. The van der Waals surface area contributed by atoms with Gasteiger partial charge in [-0.15, -0.1) is 0 Å².